The fraction of sp³-hybridized carbons (Fsp3) is 0.308. The Labute approximate surface area is 100 Å². The summed E-state index contributed by atoms with van der Waals surface area (Å²) in [6, 6.07) is 5.91. The second kappa shape index (κ2) is 4.59. The highest BCUT2D eigenvalue weighted by Crippen LogP contribution is 2.28. The topological polar surface area (TPSA) is 61.3 Å². The molecule has 0 saturated heterocycles. The quantitative estimate of drug-likeness (QED) is 0.882. The Hall–Kier alpha value is -1.81. The maximum atomic E-state index is 5.70. The second-order valence-electron chi connectivity index (χ2n) is 3.95. The Kier molecular flexibility index (Phi) is 3.15. The zero-order valence-corrected chi connectivity index (χ0v) is 10.3. The van der Waals surface area contributed by atoms with Crippen LogP contribution in [0.2, 0.25) is 0 Å². The summed E-state index contributed by atoms with van der Waals surface area (Å²) >= 11 is 0. The average molecular weight is 232 g/mol. The number of nitrogens with two attached hydrogens (primary N) is 1. The van der Waals surface area contributed by atoms with Gasteiger partial charge in [-0.05, 0) is 37.6 Å². The molecule has 2 aromatic rings. The number of nitrogens with zero attached hydrogens (tertiary/aromatic N) is 1. The highest BCUT2D eigenvalue weighted by molar-refractivity contribution is 5.65. The summed E-state index contributed by atoms with van der Waals surface area (Å²) in [4.78, 5) is 0. The van der Waals surface area contributed by atoms with Crippen LogP contribution in [0.3, 0.4) is 0 Å². The average Bonchev–Trinajstić information content (AvgIpc) is 2.70. The first-order valence-electron chi connectivity index (χ1n) is 5.47. The van der Waals surface area contributed by atoms with Gasteiger partial charge in [0.15, 0.2) is 0 Å². The van der Waals surface area contributed by atoms with Crippen molar-refractivity contribution < 1.29 is 9.26 Å². The number of benzene rings is 1. The summed E-state index contributed by atoms with van der Waals surface area (Å²) in [5, 5.41) is 4.06. The van der Waals surface area contributed by atoms with E-state index in [0.29, 0.717) is 6.54 Å². The molecule has 0 bridgehead atoms. The van der Waals surface area contributed by atoms with Crippen LogP contribution in [0.5, 0.6) is 5.75 Å². The first kappa shape index (κ1) is 11.7. The molecule has 4 nitrogen and oxygen atoms in total. The van der Waals surface area contributed by atoms with Gasteiger partial charge in [-0.15, -0.1) is 0 Å². The predicted octanol–water partition coefficient (Wildman–Crippen LogP) is 2.43. The van der Waals surface area contributed by atoms with E-state index >= 15 is 0 Å². The Morgan fingerprint density at radius 2 is 2.12 bits per heavy atom. The molecule has 0 unspecified atom stereocenters. The van der Waals surface area contributed by atoms with Crippen LogP contribution in [0.1, 0.15) is 16.9 Å². The minimum atomic E-state index is 0.426. The van der Waals surface area contributed by atoms with Crippen LogP contribution in [0.25, 0.3) is 11.3 Å². The van der Waals surface area contributed by atoms with Gasteiger partial charge in [0.25, 0.3) is 0 Å². The molecule has 4 heteroatoms. The highest BCUT2D eigenvalue weighted by atomic mass is 16.5. The molecule has 0 fully saturated rings. The number of hydrogen-bond donors (Lipinski definition) is 1. The SMILES string of the molecule is COc1ccc(-c2noc(C)c2CN)cc1C. The van der Waals surface area contributed by atoms with E-state index in [4.69, 9.17) is 15.0 Å². The number of ether oxygens (including phenoxy) is 1. The molecule has 0 radical (unpaired) electrons. The van der Waals surface area contributed by atoms with Gasteiger partial charge in [-0.3, -0.25) is 0 Å². The summed E-state index contributed by atoms with van der Waals surface area (Å²) in [7, 11) is 1.66. The third-order valence-electron chi connectivity index (χ3n) is 2.86. The second-order valence-corrected chi connectivity index (χ2v) is 3.95. The summed E-state index contributed by atoms with van der Waals surface area (Å²) in [5.74, 6) is 1.64. The Morgan fingerprint density at radius 1 is 1.35 bits per heavy atom. The van der Waals surface area contributed by atoms with Crippen LogP contribution in [-0.2, 0) is 6.54 Å². The smallest absolute Gasteiger partial charge is 0.138 e. The van der Waals surface area contributed by atoms with Crippen LogP contribution in [0.4, 0.5) is 0 Å². The zero-order chi connectivity index (χ0) is 12.4. The van der Waals surface area contributed by atoms with Crippen LogP contribution in [0.15, 0.2) is 22.7 Å². The van der Waals surface area contributed by atoms with Gasteiger partial charge in [0.05, 0.1) is 7.11 Å². The highest BCUT2D eigenvalue weighted by Gasteiger charge is 2.13. The number of aromatic nitrogens is 1. The van der Waals surface area contributed by atoms with Crippen molar-refractivity contribution in [2.75, 3.05) is 7.11 Å². The van der Waals surface area contributed by atoms with Gasteiger partial charge >= 0.3 is 0 Å². The third-order valence-corrected chi connectivity index (χ3v) is 2.86. The molecule has 0 atom stereocenters. The molecule has 0 amide bonds. The lowest BCUT2D eigenvalue weighted by atomic mass is 10.0. The monoisotopic (exact) mass is 232 g/mol. The molecular weight excluding hydrogens is 216 g/mol. The normalized spacial score (nSPS) is 10.6. The van der Waals surface area contributed by atoms with Gasteiger partial charge < -0.3 is 15.0 Å². The van der Waals surface area contributed by atoms with E-state index in [1.807, 2.05) is 32.0 Å². The standard InChI is InChI=1S/C13H16N2O2/c1-8-6-10(4-5-12(8)16-3)13-11(7-14)9(2)17-15-13/h4-6H,7,14H2,1-3H3. The van der Waals surface area contributed by atoms with E-state index in [9.17, 15) is 0 Å². The van der Waals surface area contributed by atoms with Crippen molar-refractivity contribution in [2.45, 2.75) is 20.4 Å². The first-order valence-corrected chi connectivity index (χ1v) is 5.47. The number of aryl methyl sites for hydroxylation is 2. The van der Waals surface area contributed by atoms with E-state index in [2.05, 4.69) is 5.16 Å². The molecule has 2 N–H and O–H groups in total. The van der Waals surface area contributed by atoms with E-state index in [0.717, 1.165) is 33.9 Å². The van der Waals surface area contributed by atoms with Crippen molar-refractivity contribution in [1.29, 1.82) is 0 Å². The van der Waals surface area contributed by atoms with Crippen molar-refractivity contribution in [1.82, 2.24) is 5.16 Å². The van der Waals surface area contributed by atoms with Gasteiger partial charge in [-0.1, -0.05) is 5.16 Å². The van der Waals surface area contributed by atoms with E-state index < -0.39 is 0 Å². The first-order chi connectivity index (χ1) is 8.17. The predicted molar refractivity (Wildman–Crippen MR) is 65.9 cm³/mol. The summed E-state index contributed by atoms with van der Waals surface area (Å²) in [5.41, 5.74) is 9.54. The Bertz CT molecular complexity index is 532. The molecule has 0 saturated carbocycles. The maximum Gasteiger partial charge on any atom is 0.138 e. The lowest BCUT2D eigenvalue weighted by Crippen LogP contribution is -1.99. The Morgan fingerprint density at radius 3 is 2.71 bits per heavy atom. The van der Waals surface area contributed by atoms with Crippen molar-refractivity contribution in [3.8, 4) is 17.0 Å². The molecule has 1 heterocycles. The molecule has 0 aliphatic rings. The lowest BCUT2D eigenvalue weighted by Gasteiger charge is -2.06. The summed E-state index contributed by atoms with van der Waals surface area (Å²) in [6.07, 6.45) is 0. The maximum absolute atomic E-state index is 5.70. The largest absolute Gasteiger partial charge is 0.496 e. The van der Waals surface area contributed by atoms with Crippen LogP contribution >= 0.6 is 0 Å². The van der Waals surface area contributed by atoms with Crippen LogP contribution in [0, 0.1) is 13.8 Å². The third kappa shape index (κ3) is 2.03. The lowest BCUT2D eigenvalue weighted by molar-refractivity contribution is 0.398. The molecule has 0 spiro atoms. The molecule has 90 valence electrons. The van der Waals surface area contributed by atoms with Gasteiger partial charge in [-0.2, -0.15) is 0 Å². The summed E-state index contributed by atoms with van der Waals surface area (Å²) in [6.45, 7) is 4.29. The van der Waals surface area contributed by atoms with Gasteiger partial charge in [0.2, 0.25) is 0 Å². The van der Waals surface area contributed by atoms with Gasteiger partial charge in [-0.25, -0.2) is 0 Å². The fourth-order valence-corrected chi connectivity index (χ4v) is 1.88. The van der Waals surface area contributed by atoms with Gasteiger partial charge in [0, 0.05) is 17.7 Å². The molecular formula is C13H16N2O2. The minimum absolute atomic E-state index is 0.426. The van der Waals surface area contributed by atoms with Crippen molar-refractivity contribution in [3.63, 3.8) is 0 Å². The van der Waals surface area contributed by atoms with Crippen molar-refractivity contribution >= 4 is 0 Å². The van der Waals surface area contributed by atoms with Gasteiger partial charge in [0.1, 0.15) is 17.2 Å². The van der Waals surface area contributed by atoms with Crippen molar-refractivity contribution in [2.24, 2.45) is 5.73 Å². The van der Waals surface area contributed by atoms with Crippen LogP contribution in [-0.4, -0.2) is 12.3 Å². The van der Waals surface area contributed by atoms with Crippen molar-refractivity contribution in [3.05, 3.63) is 35.1 Å². The molecule has 2 rings (SSSR count). The fourth-order valence-electron chi connectivity index (χ4n) is 1.88. The van der Waals surface area contributed by atoms with E-state index in [1.54, 1.807) is 7.11 Å². The zero-order valence-electron chi connectivity index (χ0n) is 10.3. The Balaban J connectivity index is 2.49. The molecule has 0 aliphatic carbocycles. The van der Waals surface area contributed by atoms with E-state index in [-0.39, 0.29) is 0 Å². The number of hydrogen-bond acceptors (Lipinski definition) is 4. The molecule has 1 aromatic carbocycles. The number of methoxy groups -OCH3 is 1. The summed E-state index contributed by atoms with van der Waals surface area (Å²) < 4.78 is 10.4. The van der Waals surface area contributed by atoms with E-state index in [1.165, 1.54) is 0 Å². The molecule has 0 aliphatic heterocycles. The van der Waals surface area contributed by atoms with Crippen LogP contribution < -0.4 is 10.5 Å². The molecule has 17 heavy (non-hydrogen) atoms. The molecule has 1 aromatic heterocycles. The minimum Gasteiger partial charge on any atom is -0.496 e. The number of rotatable bonds is 3.